The average Bonchev–Trinajstić information content (AvgIpc) is 2.57. The first kappa shape index (κ1) is 22.1. The number of carbonyl (C=O) groups excluding carboxylic acids is 1. The summed E-state index contributed by atoms with van der Waals surface area (Å²) >= 11 is 30.9. The number of carboxylic acid groups (broad SMARTS) is 1. The van der Waals surface area contributed by atoms with Crippen molar-refractivity contribution in [2.45, 2.75) is 15.6 Å². The minimum Gasteiger partial charge on any atom is -0.481 e. The van der Waals surface area contributed by atoms with Crippen molar-refractivity contribution in [1.29, 1.82) is 0 Å². The topological polar surface area (TPSA) is 66.4 Å². The summed E-state index contributed by atoms with van der Waals surface area (Å²) in [5, 5.41) is 12.3. The number of carboxylic acids is 1. The fourth-order valence-electron chi connectivity index (χ4n) is 2.70. The lowest BCUT2D eigenvalue weighted by Crippen LogP contribution is -2.54. The molecule has 0 unspecified atom stereocenters. The maximum Gasteiger partial charge on any atom is 0.305 e. The Kier molecular flexibility index (Phi) is 7.28. The molecule has 9 heteroatoms. The van der Waals surface area contributed by atoms with Crippen LogP contribution in [-0.4, -0.2) is 27.3 Å². The van der Waals surface area contributed by atoms with E-state index in [9.17, 15) is 9.59 Å². The van der Waals surface area contributed by atoms with E-state index in [0.29, 0.717) is 21.2 Å². The van der Waals surface area contributed by atoms with Gasteiger partial charge in [-0.05, 0) is 35.4 Å². The fraction of sp³-hybridized carbons (Fsp3) is 0.222. The molecule has 0 heterocycles. The molecule has 4 nitrogen and oxygen atoms in total. The van der Waals surface area contributed by atoms with E-state index in [4.69, 9.17) is 63.1 Å². The Labute approximate surface area is 181 Å². The number of hydrogen-bond donors (Lipinski definition) is 2. The van der Waals surface area contributed by atoms with Gasteiger partial charge in [-0.25, -0.2) is 0 Å². The van der Waals surface area contributed by atoms with Crippen molar-refractivity contribution in [3.8, 4) is 0 Å². The molecule has 2 aromatic rings. The van der Waals surface area contributed by atoms with Crippen LogP contribution in [0.25, 0.3) is 0 Å². The number of nitrogens with one attached hydrogen (secondary N) is 1. The van der Waals surface area contributed by atoms with Crippen molar-refractivity contribution in [2.24, 2.45) is 0 Å². The van der Waals surface area contributed by atoms with E-state index in [2.05, 4.69) is 5.32 Å². The van der Waals surface area contributed by atoms with Crippen molar-refractivity contribution in [3.05, 3.63) is 69.7 Å². The number of halogens is 5. The summed E-state index contributed by atoms with van der Waals surface area (Å²) in [6.07, 6.45) is -0.275. The standard InChI is InChI=1S/C18H14Cl5NO3/c19-13-5-1-11(2-6-13)17(18(21,22)23,12-3-7-14(20)8-4-12)16(27)24-10-9-15(25)26/h1-8H,9-10H2,(H,24,27)(H,25,26). The highest BCUT2D eigenvalue weighted by Gasteiger charge is 2.57. The molecule has 0 saturated carbocycles. The molecule has 2 rings (SSSR count). The third-order valence-electron chi connectivity index (χ3n) is 3.94. The molecule has 1 amide bonds. The van der Waals surface area contributed by atoms with Crippen LogP contribution in [-0.2, 0) is 15.0 Å². The van der Waals surface area contributed by atoms with Gasteiger partial charge in [0, 0.05) is 16.6 Å². The number of carbonyl (C=O) groups is 2. The average molecular weight is 470 g/mol. The summed E-state index contributed by atoms with van der Waals surface area (Å²) in [4.78, 5) is 24.0. The lowest BCUT2D eigenvalue weighted by Gasteiger charge is -2.39. The molecule has 0 radical (unpaired) electrons. The van der Waals surface area contributed by atoms with Crippen molar-refractivity contribution < 1.29 is 14.7 Å². The maximum atomic E-state index is 13.2. The number of amides is 1. The summed E-state index contributed by atoms with van der Waals surface area (Å²) in [5.41, 5.74) is -1.00. The molecule has 0 bridgehead atoms. The Bertz CT molecular complexity index is 771. The van der Waals surface area contributed by atoms with Crippen LogP contribution in [0, 0.1) is 0 Å². The summed E-state index contributed by atoms with van der Waals surface area (Å²) in [6, 6.07) is 12.6. The van der Waals surface area contributed by atoms with E-state index in [0.717, 1.165) is 0 Å². The third-order valence-corrected chi connectivity index (χ3v) is 5.30. The predicted octanol–water partition coefficient (Wildman–Crippen LogP) is 5.24. The maximum absolute atomic E-state index is 13.2. The Hall–Kier alpha value is -1.17. The molecule has 144 valence electrons. The van der Waals surface area contributed by atoms with Crippen molar-refractivity contribution in [3.63, 3.8) is 0 Å². The van der Waals surface area contributed by atoms with Gasteiger partial charge >= 0.3 is 5.97 Å². The molecule has 0 spiro atoms. The molecule has 0 aliphatic carbocycles. The zero-order valence-corrected chi connectivity index (χ0v) is 17.5. The van der Waals surface area contributed by atoms with Gasteiger partial charge in [0.2, 0.25) is 9.70 Å². The van der Waals surface area contributed by atoms with Gasteiger partial charge < -0.3 is 10.4 Å². The predicted molar refractivity (Wildman–Crippen MR) is 109 cm³/mol. The normalized spacial score (nSPS) is 11.9. The first-order chi connectivity index (χ1) is 12.6. The Morgan fingerprint density at radius 2 is 1.26 bits per heavy atom. The van der Waals surface area contributed by atoms with Gasteiger partial charge in [-0.1, -0.05) is 82.3 Å². The molecule has 0 aliphatic rings. The third kappa shape index (κ3) is 4.82. The van der Waals surface area contributed by atoms with E-state index in [1.807, 2.05) is 0 Å². The van der Waals surface area contributed by atoms with Gasteiger partial charge in [0.25, 0.3) is 0 Å². The van der Waals surface area contributed by atoms with Crippen LogP contribution in [0.15, 0.2) is 48.5 Å². The molecule has 0 fully saturated rings. The quantitative estimate of drug-likeness (QED) is 0.569. The highest BCUT2D eigenvalue weighted by molar-refractivity contribution is 6.69. The number of rotatable bonds is 6. The zero-order valence-electron chi connectivity index (χ0n) is 13.7. The highest BCUT2D eigenvalue weighted by Crippen LogP contribution is 2.51. The smallest absolute Gasteiger partial charge is 0.305 e. The van der Waals surface area contributed by atoms with E-state index in [1.165, 1.54) is 0 Å². The lowest BCUT2D eigenvalue weighted by molar-refractivity contribution is -0.137. The van der Waals surface area contributed by atoms with E-state index in [-0.39, 0.29) is 13.0 Å². The molecule has 0 saturated heterocycles. The van der Waals surface area contributed by atoms with Crippen LogP contribution in [0.4, 0.5) is 0 Å². The zero-order chi connectivity index (χ0) is 20.2. The Balaban J connectivity index is 2.66. The summed E-state index contributed by atoms with van der Waals surface area (Å²) in [6.45, 7) is -0.127. The van der Waals surface area contributed by atoms with Crippen LogP contribution >= 0.6 is 58.0 Å². The van der Waals surface area contributed by atoms with Gasteiger partial charge in [-0.15, -0.1) is 0 Å². The van der Waals surface area contributed by atoms with Crippen molar-refractivity contribution in [2.75, 3.05) is 6.54 Å². The SMILES string of the molecule is O=C(O)CCNC(=O)C(c1ccc(Cl)cc1)(c1ccc(Cl)cc1)C(Cl)(Cl)Cl. The molecule has 0 aromatic heterocycles. The number of hydrogen-bond acceptors (Lipinski definition) is 2. The summed E-state index contributed by atoms with van der Waals surface area (Å²) < 4.78 is -2.11. The van der Waals surface area contributed by atoms with Crippen LogP contribution in [0.3, 0.4) is 0 Å². The molecule has 0 aliphatic heterocycles. The second-order valence-corrected chi connectivity index (χ2v) is 8.82. The number of aliphatic carboxylic acids is 1. The molecule has 2 aromatic carbocycles. The van der Waals surface area contributed by atoms with Crippen LogP contribution in [0.2, 0.25) is 10.0 Å². The van der Waals surface area contributed by atoms with Crippen LogP contribution in [0.1, 0.15) is 17.5 Å². The van der Waals surface area contributed by atoms with Gasteiger partial charge in [0.05, 0.1) is 6.42 Å². The molecule has 2 N–H and O–H groups in total. The van der Waals surface area contributed by atoms with Gasteiger partial charge in [-0.3, -0.25) is 9.59 Å². The Morgan fingerprint density at radius 3 is 1.59 bits per heavy atom. The van der Waals surface area contributed by atoms with Gasteiger partial charge in [0.1, 0.15) is 5.41 Å². The van der Waals surface area contributed by atoms with Crippen molar-refractivity contribution >= 4 is 69.9 Å². The van der Waals surface area contributed by atoms with E-state index in [1.54, 1.807) is 48.5 Å². The summed E-state index contributed by atoms with van der Waals surface area (Å²) in [5.74, 6) is -1.72. The molecule has 0 atom stereocenters. The molecule has 27 heavy (non-hydrogen) atoms. The second-order valence-electron chi connectivity index (χ2n) is 5.66. The molecular formula is C18H14Cl5NO3. The number of alkyl halides is 3. The minimum absolute atomic E-state index is 0.127. The molecular weight excluding hydrogens is 455 g/mol. The largest absolute Gasteiger partial charge is 0.481 e. The monoisotopic (exact) mass is 467 g/mol. The van der Waals surface area contributed by atoms with E-state index < -0.39 is 21.1 Å². The van der Waals surface area contributed by atoms with E-state index >= 15 is 0 Å². The fourth-order valence-corrected chi connectivity index (χ4v) is 3.86. The van der Waals surface area contributed by atoms with Crippen LogP contribution < -0.4 is 5.32 Å². The lowest BCUT2D eigenvalue weighted by atomic mass is 9.74. The summed E-state index contributed by atoms with van der Waals surface area (Å²) in [7, 11) is 0. The van der Waals surface area contributed by atoms with Crippen LogP contribution in [0.5, 0.6) is 0 Å². The highest BCUT2D eigenvalue weighted by atomic mass is 35.6. The van der Waals surface area contributed by atoms with Crippen molar-refractivity contribution in [1.82, 2.24) is 5.32 Å². The number of benzene rings is 2. The first-order valence-corrected chi connectivity index (χ1v) is 9.57. The Morgan fingerprint density at radius 1 is 0.852 bits per heavy atom. The second kappa shape index (κ2) is 8.89. The van der Waals surface area contributed by atoms with Gasteiger partial charge in [-0.2, -0.15) is 0 Å². The first-order valence-electron chi connectivity index (χ1n) is 7.68. The minimum atomic E-state index is -2.11. The van der Waals surface area contributed by atoms with Gasteiger partial charge in [0.15, 0.2) is 0 Å².